The normalized spacial score (nSPS) is 15.9. The molecule has 0 bridgehead atoms. The Hall–Kier alpha value is -4.20. The average Bonchev–Trinajstić information content (AvgIpc) is 2.81. The number of carbonyl (C=O) groups excluding carboxylic acids is 2. The highest BCUT2D eigenvalue weighted by Gasteiger charge is 2.38. The van der Waals surface area contributed by atoms with E-state index in [1.165, 1.54) is 25.3 Å². The number of methoxy groups -OCH3 is 1. The Morgan fingerprint density at radius 2 is 1.70 bits per heavy atom. The summed E-state index contributed by atoms with van der Waals surface area (Å²) in [5.41, 5.74) is 2.60. The van der Waals surface area contributed by atoms with Crippen molar-refractivity contribution >= 4 is 23.7 Å². The fraction of sp³-hybridized carbons (Fsp3) is 0.200. The fourth-order valence-electron chi connectivity index (χ4n) is 3.75. The van der Waals surface area contributed by atoms with Crippen LogP contribution in [0.2, 0.25) is 0 Å². The first-order valence-corrected chi connectivity index (χ1v) is 10.2. The highest BCUT2D eigenvalue weighted by molar-refractivity contribution is 6.00. The van der Waals surface area contributed by atoms with Crippen LogP contribution in [-0.4, -0.2) is 30.6 Å². The van der Waals surface area contributed by atoms with Crippen molar-refractivity contribution in [2.45, 2.75) is 19.8 Å². The number of hydrogen-bond donors (Lipinski definition) is 1. The van der Waals surface area contributed by atoms with E-state index in [4.69, 9.17) is 9.47 Å². The summed E-state index contributed by atoms with van der Waals surface area (Å²) in [6.45, 7) is 3.39. The summed E-state index contributed by atoms with van der Waals surface area (Å²) >= 11 is 0. The van der Waals surface area contributed by atoms with Gasteiger partial charge in [0.2, 0.25) is 0 Å². The smallest absolute Gasteiger partial charge is 0.337 e. The molecule has 1 N–H and O–H groups in total. The molecule has 0 amide bonds. The first-order chi connectivity index (χ1) is 15.8. The van der Waals surface area contributed by atoms with Crippen LogP contribution in [0.5, 0.6) is 0 Å². The Kier molecular flexibility index (Phi) is 7.40. The largest absolute Gasteiger partial charge is 0.466 e. The van der Waals surface area contributed by atoms with E-state index >= 15 is 0 Å². The Morgan fingerprint density at radius 3 is 2.33 bits per heavy atom. The molecule has 170 valence electrons. The van der Waals surface area contributed by atoms with Gasteiger partial charge in [0.1, 0.15) is 6.61 Å². The van der Waals surface area contributed by atoms with Crippen LogP contribution in [0.1, 0.15) is 30.9 Å². The predicted molar refractivity (Wildman–Crippen MR) is 123 cm³/mol. The summed E-state index contributed by atoms with van der Waals surface area (Å²) in [7, 11) is 1.24. The van der Waals surface area contributed by atoms with E-state index < -0.39 is 22.8 Å². The van der Waals surface area contributed by atoms with Gasteiger partial charge in [-0.25, -0.2) is 9.59 Å². The maximum Gasteiger partial charge on any atom is 0.337 e. The van der Waals surface area contributed by atoms with Crippen LogP contribution in [0.3, 0.4) is 0 Å². The third-order valence-corrected chi connectivity index (χ3v) is 5.22. The van der Waals surface area contributed by atoms with Crippen LogP contribution in [0.4, 0.5) is 5.69 Å². The van der Waals surface area contributed by atoms with E-state index in [1.807, 2.05) is 36.4 Å². The number of esters is 2. The number of dihydropyridines is 1. The van der Waals surface area contributed by atoms with Crippen molar-refractivity contribution in [3.8, 4) is 0 Å². The van der Waals surface area contributed by atoms with Crippen LogP contribution in [0, 0.1) is 10.1 Å². The molecule has 0 saturated carbocycles. The minimum Gasteiger partial charge on any atom is -0.466 e. The van der Waals surface area contributed by atoms with Gasteiger partial charge in [0, 0.05) is 23.5 Å². The number of hydrogen-bond acceptors (Lipinski definition) is 7. The van der Waals surface area contributed by atoms with Crippen molar-refractivity contribution in [3.05, 3.63) is 104 Å². The topological polar surface area (TPSA) is 108 Å². The van der Waals surface area contributed by atoms with Crippen molar-refractivity contribution in [1.29, 1.82) is 0 Å². The van der Waals surface area contributed by atoms with Crippen molar-refractivity contribution in [3.63, 3.8) is 0 Å². The quantitative estimate of drug-likeness (QED) is 0.383. The minimum absolute atomic E-state index is 0.0163. The Morgan fingerprint density at radius 1 is 1.03 bits per heavy atom. The molecular formula is C25H24N2O6. The standard InChI is InChI=1S/C25H24N2O6/c1-16-21(24(28)32-3)23(19-12-7-13-20(15-19)27(30)31)22(17(2)26-16)25(29)33-14-8-11-18-9-5-4-6-10-18/h4-13,15,23,26H,14H2,1-3H3/b11-8-. The van der Waals surface area contributed by atoms with Gasteiger partial charge in [0.25, 0.3) is 5.69 Å². The van der Waals surface area contributed by atoms with Gasteiger partial charge in [-0.2, -0.15) is 0 Å². The number of nitro groups is 1. The molecule has 1 heterocycles. The molecule has 1 unspecified atom stereocenters. The molecule has 0 aliphatic carbocycles. The number of ether oxygens (including phenoxy) is 2. The van der Waals surface area contributed by atoms with Gasteiger partial charge in [-0.1, -0.05) is 48.5 Å². The molecule has 0 fully saturated rings. The summed E-state index contributed by atoms with van der Waals surface area (Å²) < 4.78 is 10.4. The highest BCUT2D eigenvalue weighted by Crippen LogP contribution is 2.40. The SMILES string of the molecule is COC(=O)C1=C(C)NC(C)=C(C(=O)OC/C=C\c2ccccc2)C1c1cccc([N+](=O)[O-])c1. The lowest BCUT2D eigenvalue weighted by Crippen LogP contribution is -2.32. The molecule has 0 radical (unpaired) electrons. The number of allylic oxidation sites excluding steroid dienone is 2. The summed E-state index contributed by atoms with van der Waals surface area (Å²) in [5.74, 6) is -2.16. The number of nitro benzene ring substituents is 1. The molecule has 0 saturated heterocycles. The lowest BCUT2D eigenvalue weighted by atomic mass is 9.80. The van der Waals surface area contributed by atoms with E-state index in [1.54, 1.807) is 26.0 Å². The molecular weight excluding hydrogens is 424 g/mol. The zero-order valence-electron chi connectivity index (χ0n) is 18.5. The van der Waals surface area contributed by atoms with Gasteiger partial charge in [0.05, 0.1) is 29.1 Å². The second kappa shape index (κ2) is 10.4. The third kappa shape index (κ3) is 5.35. The first kappa shape index (κ1) is 23.5. The second-order valence-corrected chi connectivity index (χ2v) is 7.39. The Bertz CT molecular complexity index is 1160. The molecule has 0 aromatic heterocycles. The van der Waals surface area contributed by atoms with Crippen LogP contribution >= 0.6 is 0 Å². The van der Waals surface area contributed by atoms with Gasteiger partial charge in [0.15, 0.2) is 0 Å². The fourth-order valence-corrected chi connectivity index (χ4v) is 3.75. The van der Waals surface area contributed by atoms with E-state index in [2.05, 4.69) is 5.32 Å². The molecule has 1 atom stereocenters. The molecule has 2 aromatic carbocycles. The zero-order chi connectivity index (χ0) is 24.0. The summed E-state index contributed by atoms with van der Waals surface area (Å²) in [6.07, 6.45) is 3.54. The maximum absolute atomic E-state index is 13.1. The van der Waals surface area contributed by atoms with Gasteiger partial charge in [-0.3, -0.25) is 10.1 Å². The molecule has 3 rings (SSSR count). The molecule has 2 aromatic rings. The maximum atomic E-state index is 13.1. The van der Waals surface area contributed by atoms with Crippen LogP contribution in [0.15, 0.2) is 83.2 Å². The number of carbonyl (C=O) groups is 2. The van der Waals surface area contributed by atoms with Crippen molar-refractivity contribution < 1.29 is 24.0 Å². The number of nitrogens with one attached hydrogen (secondary N) is 1. The zero-order valence-corrected chi connectivity index (χ0v) is 18.5. The van der Waals surface area contributed by atoms with Crippen molar-refractivity contribution in [2.75, 3.05) is 13.7 Å². The predicted octanol–water partition coefficient (Wildman–Crippen LogP) is 4.26. The molecule has 33 heavy (non-hydrogen) atoms. The molecule has 1 aliphatic rings. The van der Waals surface area contributed by atoms with Crippen molar-refractivity contribution in [2.24, 2.45) is 0 Å². The third-order valence-electron chi connectivity index (χ3n) is 5.22. The van der Waals surface area contributed by atoms with Gasteiger partial charge >= 0.3 is 11.9 Å². The van der Waals surface area contributed by atoms with E-state index in [9.17, 15) is 19.7 Å². The minimum atomic E-state index is -0.885. The van der Waals surface area contributed by atoms with Gasteiger partial charge < -0.3 is 14.8 Å². The lowest BCUT2D eigenvalue weighted by Gasteiger charge is -2.30. The van der Waals surface area contributed by atoms with Gasteiger partial charge in [-0.15, -0.1) is 0 Å². The molecule has 1 aliphatic heterocycles. The molecule has 0 spiro atoms. The number of benzene rings is 2. The summed E-state index contributed by atoms with van der Waals surface area (Å²) in [6, 6.07) is 15.4. The average molecular weight is 448 g/mol. The first-order valence-electron chi connectivity index (χ1n) is 10.2. The van der Waals surface area contributed by atoms with Gasteiger partial charge in [-0.05, 0) is 31.1 Å². The number of nitrogens with zero attached hydrogens (tertiary/aromatic N) is 1. The van der Waals surface area contributed by atoms with Crippen LogP contribution in [-0.2, 0) is 19.1 Å². The van der Waals surface area contributed by atoms with E-state index in [-0.39, 0.29) is 23.4 Å². The number of rotatable bonds is 7. The Balaban J connectivity index is 1.95. The monoisotopic (exact) mass is 448 g/mol. The lowest BCUT2D eigenvalue weighted by molar-refractivity contribution is -0.384. The highest BCUT2D eigenvalue weighted by atomic mass is 16.6. The Labute approximate surface area is 191 Å². The summed E-state index contributed by atoms with van der Waals surface area (Å²) in [5, 5.41) is 14.4. The number of non-ortho nitro benzene ring substituents is 1. The second-order valence-electron chi connectivity index (χ2n) is 7.39. The van der Waals surface area contributed by atoms with E-state index in [0.717, 1.165) is 5.56 Å². The molecule has 8 heteroatoms. The van der Waals surface area contributed by atoms with Crippen LogP contribution < -0.4 is 5.32 Å². The van der Waals surface area contributed by atoms with Crippen LogP contribution in [0.25, 0.3) is 6.08 Å². The van der Waals surface area contributed by atoms with E-state index in [0.29, 0.717) is 17.0 Å². The summed E-state index contributed by atoms with van der Waals surface area (Å²) in [4.78, 5) is 36.6. The molecule has 8 nitrogen and oxygen atoms in total. The van der Waals surface area contributed by atoms with Crippen molar-refractivity contribution in [1.82, 2.24) is 5.32 Å².